The van der Waals surface area contributed by atoms with E-state index in [-0.39, 0.29) is 17.8 Å². The molecular weight excluding hydrogens is 379 g/mol. The van der Waals surface area contributed by atoms with Crippen LogP contribution in [0.4, 0.5) is 4.39 Å². The van der Waals surface area contributed by atoms with E-state index in [1.54, 1.807) is 0 Å². The first-order chi connectivity index (χ1) is 13.3. The fourth-order valence-corrected chi connectivity index (χ4v) is 2.93. The highest BCUT2D eigenvalue weighted by Gasteiger charge is 2.51. The van der Waals surface area contributed by atoms with Crippen LogP contribution in [0.5, 0.6) is 0 Å². The Morgan fingerprint density at radius 2 is 1.75 bits per heavy atom. The minimum atomic E-state index is -1.11. The largest absolute Gasteiger partial charge is 0.463 e. The third-order valence-corrected chi connectivity index (χ3v) is 3.93. The highest BCUT2D eigenvalue weighted by atomic mass is 19.1. The second kappa shape index (κ2) is 7.84. The lowest BCUT2D eigenvalue weighted by Gasteiger charge is -2.23. The van der Waals surface area contributed by atoms with Crippen LogP contribution in [-0.4, -0.2) is 62.3 Å². The summed E-state index contributed by atoms with van der Waals surface area (Å²) < 4.78 is 36.5. The van der Waals surface area contributed by atoms with E-state index < -0.39 is 48.4 Å². The Labute approximate surface area is 157 Å². The Balaban J connectivity index is 2.01. The number of rotatable bonds is 5. The van der Waals surface area contributed by atoms with Gasteiger partial charge in [0.05, 0.1) is 6.33 Å². The van der Waals surface area contributed by atoms with Crippen LogP contribution in [0.15, 0.2) is 12.7 Å². The molecule has 0 spiro atoms. The van der Waals surface area contributed by atoms with Crippen LogP contribution in [0, 0.1) is 5.95 Å². The summed E-state index contributed by atoms with van der Waals surface area (Å²) in [5, 5.41) is 0. The van der Waals surface area contributed by atoms with E-state index in [1.165, 1.54) is 31.7 Å². The second-order valence-corrected chi connectivity index (χ2v) is 6.00. The lowest BCUT2D eigenvalue weighted by molar-refractivity contribution is -0.166. The van der Waals surface area contributed by atoms with Crippen LogP contribution in [0.25, 0.3) is 11.2 Å². The second-order valence-electron chi connectivity index (χ2n) is 6.00. The molecule has 1 aliphatic heterocycles. The number of esters is 3. The summed E-state index contributed by atoms with van der Waals surface area (Å²) >= 11 is 0. The van der Waals surface area contributed by atoms with E-state index >= 15 is 0 Å². The molecule has 0 saturated carbocycles. The number of imidazole rings is 1. The van der Waals surface area contributed by atoms with Gasteiger partial charge in [0, 0.05) is 20.8 Å². The number of fused-ring (bicyclic) bond motifs is 1. The van der Waals surface area contributed by atoms with Crippen molar-refractivity contribution < 1.29 is 37.7 Å². The van der Waals surface area contributed by atoms with Crippen molar-refractivity contribution in [2.24, 2.45) is 0 Å². The average molecular weight is 396 g/mol. The maximum absolute atomic E-state index is 13.8. The number of carbonyl (C=O) groups is 3. The van der Waals surface area contributed by atoms with Gasteiger partial charge in [-0.25, -0.2) is 15.0 Å². The van der Waals surface area contributed by atoms with E-state index in [4.69, 9.17) is 18.9 Å². The van der Waals surface area contributed by atoms with E-state index in [0.717, 1.165) is 6.33 Å². The predicted molar refractivity (Wildman–Crippen MR) is 86.9 cm³/mol. The number of hydrogen-bond donors (Lipinski definition) is 0. The van der Waals surface area contributed by atoms with Gasteiger partial charge < -0.3 is 18.9 Å². The molecule has 1 aliphatic rings. The Morgan fingerprint density at radius 3 is 2.39 bits per heavy atom. The van der Waals surface area contributed by atoms with Gasteiger partial charge in [0.2, 0.25) is 5.95 Å². The number of carbonyl (C=O) groups excluding carboxylic acids is 3. The smallest absolute Gasteiger partial charge is 0.303 e. The van der Waals surface area contributed by atoms with Gasteiger partial charge in [-0.1, -0.05) is 0 Å². The lowest BCUT2D eigenvalue weighted by atomic mass is 10.1. The van der Waals surface area contributed by atoms with Gasteiger partial charge >= 0.3 is 17.9 Å². The Morgan fingerprint density at radius 1 is 1.07 bits per heavy atom. The zero-order valence-electron chi connectivity index (χ0n) is 15.2. The summed E-state index contributed by atoms with van der Waals surface area (Å²) in [5.74, 6) is -2.71. The first-order valence-electron chi connectivity index (χ1n) is 8.24. The van der Waals surface area contributed by atoms with Crippen molar-refractivity contribution in [3.05, 3.63) is 18.6 Å². The van der Waals surface area contributed by atoms with Crippen molar-refractivity contribution in [2.75, 3.05) is 6.61 Å². The normalized spacial score (nSPS) is 24.1. The monoisotopic (exact) mass is 396 g/mol. The third-order valence-electron chi connectivity index (χ3n) is 3.93. The van der Waals surface area contributed by atoms with Crippen LogP contribution < -0.4 is 0 Å². The van der Waals surface area contributed by atoms with E-state index in [0.29, 0.717) is 0 Å². The molecule has 2 aromatic heterocycles. The molecule has 3 heterocycles. The fourth-order valence-electron chi connectivity index (χ4n) is 2.93. The minimum absolute atomic E-state index is 0.0874. The van der Waals surface area contributed by atoms with Crippen LogP contribution in [-0.2, 0) is 33.3 Å². The van der Waals surface area contributed by atoms with Crippen molar-refractivity contribution in [1.29, 1.82) is 0 Å². The molecule has 4 atom stereocenters. The summed E-state index contributed by atoms with van der Waals surface area (Å²) in [6, 6.07) is 0. The van der Waals surface area contributed by atoms with Crippen LogP contribution >= 0.6 is 0 Å². The Hall–Kier alpha value is -3.15. The van der Waals surface area contributed by atoms with E-state index in [9.17, 15) is 18.8 Å². The van der Waals surface area contributed by atoms with Gasteiger partial charge in [0.25, 0.3) is 0 Å². The highest BCUT2D eigenvalue weighted by molar-refractivity contribution is 5.70. The first kappa shape index (κ1) is 19.6. The summed E-state index contributed by atoms with van der Waals surface area (Å²) in [4.78, 5) is 45.7. The molecular formula is C16H17FN4O7. The van der Waals surface area contributed by atoms with Crippen LogP contribution in [0.2, 0.25) is 0 Å². The molecule has 28 heavy (non-hydrogen) atoms. The molecule has 0 bridgehead atoms. The standard InChI is InChI=1S/C16H17FN4O7/c1-7(22)25-4-10-12(26-8(2)23)13(27-9(3)24)16(28-10)21-6-20-11-14(17)18-5-19-15(11)21/h5-6,10,12-13,16H,4H2,1-3H3. The third kappa shape index (κ3) is 3.91. The van der Waals surface area contributed by atoms with Crippen LogP contribution in [0.3, 0.4) is 0 Å². The molecule has 0 aliphatic carbocycles. The molecule has 4 unspecified atom stereocenters. The van der Waals surface area contributed by atoms with Crippen molar-refractivity contribution in [3.8, 4) is 0 Å². The molecule has 1 fully saturated rings. The summed E-state index contributed by atoms with van der Waals surface area (Å²) in [6.45, 7) is 3.31. The van der Waals surface area contributed by atoms with Gasteiger partial charge in [0.1, 0.15) is 19.0 Å². The number of nitrogens with zero attached hydrogens (tertiary/aromatic N) is 4. The topological polar surface area (TPSA) is 132 Å². The molecule has 0 aromatic carbocycles. The predicted octanol–water partition coefficient (Wildman–Crippen LogP) is 0.289. The van der Waals surface area contributed by atoms with Gasteiger partial charge in [-0.15, -0.1) is 0 Å². The Bertz CT molecular complexity index is 918. The fraction of sp³-hybridized carbons (Fsp3) is 0.500. The summed E-state index contributed by atoms with van der Waals surface area (Å²) in [6.07, 6.45) is -1.94. The summed E-state index contributed by atoms with van der Waals surface area (Å²) in [7, 11) is 0. The molecule has 3 rings (SSSR count). The maximum atomic E-state index is 13.8. The van der Waals surface area contributed by atoms with Crippen molar-refractivity contribution >= 4 is 29.1 Å². The lowest BCUT2D eigenvalue weighted by Crippen LogP contribution is -2.40. The quantitative estimate of drug-likeness (QED) is 0.394. The van der Waals surface area contributed by atoms with Gasteiger partial charge in [-0.2, -0.15) is 4.39 Å². The molecule has 12 heteroatoms. The minimum Gasteiger partial charge on any atom is -0.463 e. The first-order valence-corrected chi connectivity index (χ1v) is 8.24. The van der Waals surface area contributed by atoms with Gasteiger partial charge in [-0.05, 0) is 0 Å². The highest BCUT2D eigenvalue weighted by Crippen LogP contribution is 2.35. The average Bonchev–Trinajstić information content (AvgIpc) is 3.16. The molecule has 0 amide bonds. The SMILES string of the molecule is CC(=O)OCC1OC(n2cnc3c(F)ncnc32)C(OC(C)=O)C1OC(C)=O. The van der Waals surface area contributed by atoms with Crippen molar-refractivity contribution in [2.45, 2.75) is 45.3 Å². The number of aromatic nitrogens is 4. The zero-order chi connectivity index (χ0) is 20.4. The Kier molecular flexibility index (Phi) is 5.49. The molecule has 0 N–H and O–H groups in total. The molecule has 1 saturated heterocycles. The zero-order valence-corrected chi connectivity index (χ0v) is 15.2. The van der Waals surface area contributed by atoms with Crippen molar-refractivity contribution in [1.82, 2.24) is 19.5 Å². The molecule has 11 nitrogen and oxygen atoms in total. The van der Waals surface area contributed by atoms with Crippen LogP contribution in [0.1, 0.15) is 27.0 Å². The van der Waals surface area contributed by atoms with Gasteiger partial charge in [0.15, 0.2) is 29.6 Å². The summed E-state index contributed by atoms with van der Waals surface area (Å²) in [5.41, 5.74) is -0.0236. The van der Waals surface area contributed by atoms with E-state index in [1.807, 2.05) is 0 Å². The molecule has 0 radical (unpaired) electrons. The van der Waals surface area contributed by atoms with Gasteiger partial charge in [-0.3, -0.25) is 19.0 Å². The number of halogens is 1. The number of hydrogen-bond acceptors (Lipinski definition) is 10. The molecule has 150 valence electrons. The maximum Gasteiger partial charge on any atom is 0.303 e. The van der Waals surface area contributed by atoms with Crippen molar-refractivity contribution in [3.63, 3.8) is 0 Å². The number of ether oxygens (including phenoxy) is 4. The van der Waals surface area contributed by atoms with E-state index in [2.05, 4.69) is 15.0 Å². The molecule has 2 aromatic rings.